The molecule has 0 aliphatic heterocycles. The number of hydrogen-bond acceptors (Lipinski definition) is 2. The third-order valence-electron chi connectivity index (χ3n) is 2.54. The number of halogens is 2. The van der Waals surface area contributed by atoms with Gasteiger partial charge in [0.2, 0.25) is 0 Å². The highest BCUT2D eigenvalue weighted by molar-refractivity contribution is 6.37. The van der Waals surface area contributed by atoms with Crippen LogP contribution in [0, 0.1) is 0 Å². The summed E-state index contributed by atoms with van der Waals surface area (Å²) >= 11 is 11.7. The molecule has 2 aromatic carbocycles. The van der Waals surface area contributed by atoms with E-state index in [4.69, 9.17) is 28.3 Å². The van der Waals surface area contributed by atoms with Crippen LogP contribution in [0.25, 0.3) is 0 Å². The second-order valence-electron chi connectivity index (χ2n) is 3.94. The maximum Gasteiger partial charge on any atom is 0.257 e. The zero-order chi connectivity index (χ0) is 13.8. The van der Waals surface area contributed by atoms with E-state index in [0.29, 0.717) is 21.3 Å². The molecule has 5 heteroatoms. The molecule has 19 heavy (non-hydrogen) atoms. The van der Waals surface area contributed by atoms with E-state index in [1.54, 1.807) is 36.4 Å². The molecule has 2 N–H and O–H groups in total. The van der Waals surface area contributed by atoms with Crippen molar-refractivity contribution in [1.82, 2.24) is 0 Å². The second-order valence-corrected chi connectivity index (χ2v) is 4.78. The number of hydrogen-bond donors (Lipinski definition) is 2. The van der Waals surface area contributed by atoms with Crippen molar-refractivity contribution in [2.24, 2.45) is 0 Å². The maximum atomic E-state index is 12.0. The molecule has 98 valence electrons. The highest BCUT2D eigenvalue weighted by Gasteiger charge is 2.11. The predicted molar refractivity (Wildman–Crippen MR) is 76.8 cm³/mol. The van der Waals surface area contributed by atoms with Crippen molar-refractivity contribution < 1.29 is 9.90 Å². The van der Waals surface area contributed by atoms with Crippen LogP contribution in [0.1, 0.15) is 15.9 Å². The maximum absolute atomic E-state index is 12.0. The fourth-order valence-corrected chi connectivity index (χ4v) is 2.11. The molecule has 2 rings (SSSR count). The van der Waals surface area contributed by atoms with Gasteiger partial charge in [0, 0.05) is 10.7 Å². The van der Waals surface area contributed by atoms with Crippen molar-refractivity contribution in [3.8, 4) is 0 Å². The minimum absolute atomic E-state index is 0.0780. The van der Waals surface area contributed by atoms with E-state index in [2.05, 4.69) is 5.32 Å². The Morgan fingerprint density at radius 1 is 1.16 bits per heavy atom. The first-order valence-electron chi connectivity index (χ1n) is 5.56. The standard InChI is InChI=1S/C14H11Cl2NO2/c15-10-4-5-12(13(16)7-10)14(19)17-11-3-1-2-9(6-11)8-18/h1-7,18H,8H2,(H,17,19). The van der Waals surface area contributed by atoms with Crippen LogP contribution in [0.15, 0.2) is 42.5 Å². The van der Waals surface area contributed by atoms with Gasteiger partial charge in [-0.2, -0.15) is 0 Å². The number of aliphatic hydroxyl groups is 1. The molecular formula is C14H11Cl2NO2. The van der Waals surface area contributed by atoms with Crippen molar-refractivity contribution >= 4 is 34.8 Å². The van der Waals surface area contributed by atoms with Gasteiger partial charge in [-0.25, -0.2) is 0 Å². The van der Waals surface area contributed by atoms with Crippen LogP contribution in [0.3, 0.4) is 0 Å². The normalized spacial score (nSPS) is 10.3. The Morgan fingerprint density at radius 3 is 2.63 bits per heavy atom. The third kappa shape index (κ3) is 3.47. The van der Waals surface area contributed by atoms with Gasteiger partial charge in [-0.3, -0.25) is 4.79 Å². The number of carbonyl (C=O) groups is 1. The molecule has 0 heterocycles. The average molecular weight is 296 g/mol. The van der Waals surface area contributed by atoms with Crippen molar-refractivity contribution in [3.63, 3.8) is 0 Å². The van der Waals surface area contributed by atoms with Crippen molar-refractivity contribution in [3.05, 3.63) is 63.6 Å². The van der Waals surface area contributed by atoms with E-state index >= 15 is 0 Å². The van der Waals surface area contributed by atoms with Gasteiger partial charge in [0.05, 0.1) is 17.2 Å². The largest absolute Gasteiger partial charge is 0.392 e. The van der Waals surface area contributed by atoms with Gasteiger partial charge in [0.1, 0.15) is 0 Å². The summed E-state index contributed by atoms with van der Waals surface area (Å²) in [5.74, 6) is -0.322. The summed E-state index contributed by atoms with van der Waals surface area (Å²) in [5, 5.41) is 12.5. The molecule has 0 fully saturated rings. The number of amides is 1. The molecule has 0 aliphatic rings. The number of anilines is 1. The molecule has 0 aliphatic carbocycles. The average Bonchev–Trinajstić information content (AvgIpc) is 2.38. The molecule has 0 bridgehead atoms. The van der Waals surface area contributed by atoms with Crippen LogP contribution in [0.4, 0.5) is 5.69 Å². The van der Waals surface area contributed by atoms with Gasteiger partial charge in [0.15, 0.2) is 0 Å². The summed E-state index contributed by atoms with van der Waals surface area (Å²) in [6, 6.07) is 11.6. The van der Waals surface area contributed by atoms with Crippen molar-refractivity contribution in [1.29, 1.82) is 0 Å². The molecule has 1 amide bonds. The highest BCUT2D eigenvalue weighted by Crippen LogP contribution is 2.22. The molecule has 2 aromatic rings. The zero-order valence-corrected chi connectivity index (χ0v) is 11.4. The first kappa shape index (κ1) is 13.9. The lowest BCUT2D eigenvalue weighted by molar-refractivity contribution is 0.102. The van der Waals surface area contributed by atoms with Crippen LogP contribution < -0.4 is 5.32 Å². The lowest BCUT2D eigenvalue weighted by Gasteiger charge is -2.08. The zero-order valence-electron chi connectivity index (χ0n) is 9.86. The quantitative estimate of drug-likeness (QED) is 0.906. The summed E-state index contributed by atoms with van der Waals surface area (Å²) in [7, 11) is 0. The number of carbonyl (C=O) groups excluding carboxylic acids is 1. The van der Waals surface area contributed by atoms with Gasteiger partial charge >= 0.3 is 0 Å². The molecule has 0 aromatic heterocycles. The van der Waals surface area contributed by atoms with E-state index in [9.17, 15) is 4.79 Å². The molecule has 0 spiro atoms. The Kier molecular flexibility index (Phi) is 4.43. The van der Waals surface area contributed by atoms with Crippen molar-refractivity contribution in [2.45, 2.75) is 6.61 Å². The topological polar surface area (TPSA) is 49.3 Å². The van der Waals surface area contributed by atoms with Crippen LogP contribution in [0.2, 0.25) is 10.0 Å². The SMILES string of the molecule is O=C(Nc1cccc(CO)c1)c1ccc(Cl)cc1Cl. The lowest BCUT2D eigenvalue weighted by atomic mass is 10.2. The van der Waals surface area contributed by atoms with Gasteiger partial charge in [-0.05, 0) is 35.9 Å². The molecule has 0 unspecified atom stereocenters. The van der Waals surface area contributed by atoms with Crippen LogP contribution in [-0.2, 0) is 6.61 Å². The van der Waals surface area contributed by atoms with Gasteiger partial charge < -0.3 is 10.4 Å². The molecular weight excluding hydrogens is 285 g/mol. The van der Waals surface area contributed by atoms with E-state index in [1.807, 2.05) is 0 Å². The van der Waals surface area contributed by atoms with Crippen molar-refractivity contribution in [2.75, 3.05) is 5.32 Å². The minimum atomic E-state index is -0.322. The van der Waals surface area contributed by atoms with E-state index in [1.165, 1.54) is 6.07 Å². The fraction of sp³-hybridized carbons (Fsp3) is 0.0714. The van der Waals surface area contributed by atoms with E-state index in [-0.39, 0.29) is 12.5 Å². The van der Waals surface area contributed by atoms with Gasteiger partial charge in [-0.15, -0.1) is 0 Å². The van der Waals surface area contributed by atoms with Gasteiger partial charge in [0.25, 0.3) is 5.91 Å². The van der Waals surface area contributed by atoms with E-state index in [0.717, 1.165) is 5.56 Å². The predicted octanol–water partition coefficient (Wildman–Crippen LogP) is 3.74. The second kappa shape index (κ2) is 6.06. The van der Waals surface area contributed by atoms with Gasteiger partial charge in [-0.1, -0.05) is 35.3 Å². The number of rotatable bonds is 3. The third-order valence-corrected chi connectivity index (χ3v) is 3.09. The minimum Gasteiger partial charge on any atom is -0.392 e. The summed E-state index contributed by atoms with van der Waals surface area (Å²) in [6.45, 7) is -0.0780. The molecule has 0 radical (unpaired) electrons. The molecule has 3 nitrogen and oxygen atoms in total. The summed E-state index contributed by atoms with van der Waals surface area (Å²) < 4.78 is 0. The lowest BCUT2D eigenvalue weighted by Crippen LogP contribution is -2.12. The molecule has 0 saturated carbocycles. The Bertz CT molecular complexity index is 614. The number of benzene rings is 2. The van der Waals surface area contributed by atoms with Crippen LogP contribution >= 0.6 is 23.2 Å². The van der Waals surface area contributed by atoms with E-state index < -0.39 is 0 Å². The summed E-state index contributed by atoms with van der Waals surface area (Å²) in [6.07, 6.45) is 0. The molecule has 0 atom stereocenters. The van der Waals surface area contributed by atoms with Crippen LogP contribution in [0.5, 0.6) is 0 Å². The Hall–Kier alpha value is -1.55. The Morgan fingerprint density at radius 2 is 1.95 bits per heavy atom. The highest BCUT2D eigenvalue weighted by atomic mass is 35.5. The summed E-state index contributed by atoms with van der Waals surface area (Å²) in [4.78, 5) is 12.0. The monoisotopic (exact) mass is 295 g/mol. The Balaban J connectivity index is 2.20. The first-order chi connectivity index (χ1) is 9.10. The number of nitrogens with one attached hydrogen (secondary N) is 1. The number of aliphatic hydroxyl groups excluding tert-OH is 1. The fourth-order valence-electron chi connectivity index (χ4n) is 1.62. The van der Waals surface area contributed by atoms with Crippen LogP contribution in [-0.4, -0.2) is 11.0 Å². The Labute approximate surface area is 120 Å². The first-order valence-corrected chi connectivity index (χ1v) is 6.32. The smallest absolute Gasteiger partial charge is 0.257 e. The molecule has 0 saturated heterocycles. The summed E-state index contributed by atoms with van der Waals surface area (Å²) in [5.41, 5.74) is 1.67.